The minimum Gasteiger partial charge on any atom is -0.481 e. The molecule has 18 heavy (non-hydrogen) atoms. The first-order valence-corrected chi connectivity index (χ1v) is 5.95. The van der Waals surface area contributed by atoms with Gasteiger partial charge in [0.25, 0.3) is 5.91 Å². The summed E-state index contributed by atoms with van der Waals surface area (Å²) >= 11 is 5.89. The Morgan fingerprint density at radius 3 is 2.56 bits per heavy atom. The number of halogens is 1. The Balaban J connectivity index is 2.80. The molecule has 0 unspecified atom stereocenters. The molecule has 98 valence electrons. The second-order valence-corrected chi connectivity index (χ2v) is 4.80. The Hall–Kier alpha value is -1.55. The number of aliphatic carboxylic acids is 1. The summed E-state index contributed by atoms with van der Waals surface area (Å²) in [6.07, 6.45) is 0. The van der Waals surface area contributed by atoms with Crippen LogP contribution >= 0.6 is 11.6 Å². The topological polar surface area (TPSA) is 57.6 Å². The third-order valence-corrected chi connectivity index (χ3v) is 3.14. The number of carboxylic acids is 1. The molecule has 0 bridgehead atoms. The maximum Gasteiger partial charge on any atom is 0.308 e. The summed E-state index contributed by atoms with van der Waals surface area (Å²) in [5, 5.41) is 9.41. The van der Waals surface area contributed by atoms with Crippen LogP contribution in [0.5, 0.6) is 0 Å². The zero-order valence-electron chi connectivity index (χ0n) is 10.6. The first-order valence-electron chi connectivity index (χ1n) is 5.57. The number of rotatable bonds is 4. The fourth-order valence-electron chi connectivity index (χ4n) is 1.57. The molecule has 1 atom stereocenters. The van der Waals surface area contributed by atoms with Gasteiger partial charge < -0.3 is 10.0 Å². The minimum absolute atomic E-state index is 0.176. The second-order valence-electron chi connectivity index (χ2n) is 4.39. The van der Waals surface area contributed by atoms with Crippen molar-refractivity contribution in [3.8, 4) is 0 Å². The molecule has 0 aliphatic carbocycles. The first-order chi connectivity index (χ1) is 8.32. The molecule has 0 saturated heterocycles. The van der Waals surface area contributed by atoms with Crippen molar-refractivity contribution < 1.29 is 14.7 Å². The maximum absolute atomic E-state index is 12.1. The minimum atomic E-state index is -0.915. The van der Waals surface area contributed by atoms with Crippen LogP contribution < -0.4 is 0 Å². The van der Waals surface area contributed by atoms with Gasteiger partial charge in [-0.25, -0.2) is 0 Å². The summed E-state index contributed by atoms with van der Waals surface area (Å²) in [5.41, 5.74) is 1.33. The van der Waals surface area contributed by atoms with Crippen molar-refractivity contribution >= 4 is 23.5 Å². The van der Waals surface area contributed by atoms with E-state index >= 15 is 0 Å². The molecule has 0 aliphatic rings. The molecule has 1 N–H and O–H groups in total. The molecule has 0 heterocycles. The van der Waals surface area contributed by atoms with Crippen LogP contribution in [0.1, 0.15) is 22.8 Å². The van der Waals surface area contributed by atoms with Gasteiger partial charge in [-0.1, -0.05) is 18.5 Å². The highest BCUT2D eigenvalue weighted by Crippen LogP contribution is 2.17. The monoisotopic (exact) mass is 269 g/mol. The Morgan fingerprint density at radius 2 is 2.06 bits per heavy atom. The number of carbonyl (C=O) groups excluding carboxylic acids is 1. The van der Waals surface area contributed by atoms with Gasteiger partial charge in [0.05, 0.1) is 5.92 Å². The van der Waals surface area contributed by atoms with Crippen LogP contribution in [0.25, 0.3) is 0 Å². The maximum atomic E-state index is 12.1. The van der Waals surface area contributed by atoms with Crippen molar-refractivity contribution in [3.63, 3.8) is 0 Å². The Kier molecular flexibility index (Phi) is 4.73. The lowest BCUT2D eigenvalue weighted by Gasteiger charge is -2.19. The van der Waals surface area contributed by atoms with Gasteiger partial charge in [0.15, 0.2) is 0 Å². The fourth-order valence-corrected chi connectivity index (χ4v) is 1.69. The van der Waals surface area contributed by atoms with Crippen LogP contribution in [0.15, 0.2) is 18.2 Å². The summed E-state index contributed by atoms with van der Waals surface area (Å²) in [7, 11) is 1.59. The molecular formula is C13H16ClNO3. The van der Waals surface area contributed by atoms with Gasteiger partial charge in [0.1, 0.15) is 0 Å². The van der Waals surface area contributed by atoms with E-state index in [2.05, 4.69) is 0 Å². The molecule has 5 heteroatoms. The molecule has 0 aromatic heterocycles. The van der Waals surface area contributed by atoms with Crippen molar-refractivity contribution in [2.24, 2.45) is 5.92 Å². The van der Waals surface area contributed by atoms with E-state index in [-0.39, 0.29) is 12.5 Å². The number of carbonyl (C=O) groups is 2. The standard InChI is InChI=1S/C13H16ClNO3/c1-8-6-10(4-5-11(8)14)12(16)15(3)7-9(2)13(17)18/h4-6,9H,7H2,1-3H3,(H,17,18)/t9-/m0/s1. The van der Waals surface area contributed by atoms with Gasteiger partial charge >= 0.3 is 5.97 Å². The Labute approximate surface area is 111 Å². The third-order valence-electron chi connectivity index (χ3n) is 2.72. The van der Waals surface area contributed by atoms with E-state index in [4.69, 9.17) is 16.7 Å². The van der Waals surface area contributed by atoms with E-state index in [1.807, 2.05) is 6.92 Å². The summed E-state index contributed by atoms with van der Waals surface area (Å²) in [4.78, 5) is 24.2. The zero-order valence-corrected chi connectivity index (χ0v) is 11.4. The number of hydrogen-bond acceptors (Lipinski definition) is 2. The molecule has 1 rings (SSSR count). The summed E-state index contributed by atoms with van der Waals surface area (Å²) < 4.78 is 0. The Bertz CT molecular complexity index is 473. The lowest BCUT2D eigenvalue weighted by atomic mass is 10.1. The number of nitrogens with zero attached hydrogens (tertiary/aromatic N) is 1. The van der Waals surface area contributed by atoms with Crippen molar-refractivity contribution in [2.45, 2.75) is 13.8 Å². The summed E-state index contributed by atoms with van der Waals surface area (Å²) in [5.74, 6) is -1.71. The van der Waals surface area contributed by atoms with E-state index in [0.717, 1.165) is 5.56 Å². The van der Waals surface area contributed by atoms with Crippen molar-refractivity contribution in [1.82, 2.24) is 4.90 Å². The van der Waals surface area contributed by atoms with E-state index < -0.39 is 11.9 Å². The smallest absolute Gasteiger partial charge is 0.308 e. The lowest BCUT2D eigenvalue weighted by Crippen LogP contribution is -2.33. The van der Waals surface area contributed by atoms with Crippen LogP contribution in [0.2, 0.25) is 5.02 Å². The van der Waals surface area contributed by atoms with Crippen molar-refractivity contribution in [2.75, 3.05) is 13.6 Å². The van der Waals surface area contributed by atoms with E-state index in [1.54, 1.807) is 32.2 Å². The average Bonchev–Trinajstić information content (AvgIpc) is 2.31. The highest BCUT2D eigenvalue weighted by Gasteiger charge is 2.18. The molecule has 0 radical (unpaired) electrons. The summed E-state index contributed by atoms with van der Waals surface area (Å²) in [6.45, 7) is 3.56. The molecule has 1 amide bonds. The average molecular weight is 270 g/mol. The predicted molar refractivity (Wildman–Crippen MR) is 69.9 cm³/mol. The quantitative estimate of drug-likeness (QED) is 0.913. The van der Waals surface area contributed by atoms with Crippen LogP contribution in [0.3, 0.4) is 0 Å². The SMILES string of the molecule is Cc1cc(C(=O)N(C)C[C@H](C)C(=O)O)ccc1Cl. The number of aryl methyl sites for hydroxylation is 1. The van der Waals surface area contributed by atoms with Crippen LogP contribution in [-0.4, -0.2) is 35.5 Å². The Morgan fingerprint density at radius 1 is 1.44 bits per heavy atom. The second kappa shape index (κ2) is 5.87. The van der Waals surface area contributed by atoms with Gasteiger partial charge in [-0.2, -0.15) is 0 Å². The zero-order chi connectivity index (χ0) is 13.9. The van der Waals surface area contributed by atoms with Gasteiger partial charge in [-0.15, -0.1) is 0 Å². The highest BCUT2D eigenvalue weighted by molar-refractivity contribution is 6.31. The third kappa shape index (κ3) is 3.47. The number of benzene rings is 1. The van der Waals surface area contributed by atoms with Crippen LogP contribution in [0, 0.1) is 12.8 Å². The lowest BCUT2D eigenvalue weighted by molar-refractivity contribution is -0.141. The first kappa shape index (κ1) is 14.5. The molecule has 1 aromatic rings. The largest absolute Gasteiger partial charge is 0.481 e. The van der Waals surface area contributed by atoms with Gasteiger partial charge in [0.2, 0.25) is 0 Å². The molecular weight excluding hydrogens is 254 g/mol. The van der Waals surface area contributed by atoms with Crippen molar-refractivity contribution in [1.29, 1.82) is 0 Å². The molecule has 0 spiro atoms. The summed E-state index contributed by atoms with van der Waals surface area (Å²) in [6, 6.07) is 5.00. The molecule has 1 aromatic carbocycles. The molecule has 0 saturated carbocycles. The fraction of sp³-hybridized carbons (Fsp3) is 0.385. The van der Waals surface area contributed by atoms with E-state index in [9.17, 15) is 9.59 Å². The predicted octanol–water partition coefficient (Wildman–Crippen LogP) is 2.44. The van der Waals surface area contributed by atoms with Gasteiger partial charge in [0, 0.05) is 24.2 Å². The number of carboxylic acid groups (broad SMARTS) is 1. The van der Waals surface area contributed by atoms with Gasteiger partial charge in [-0.05, 0) is 30.7 Å². The van der Waals surface area contributed by atoms with Crippen LogP contribution in [-0.2, 0) is 4.79 Å². The normalized spacial score (nSPS) is 12.0. The van der Waals surface area contributed by atoms with Crippen LogP contribution in [0.4, 0.5) is 0 Å². The van der Waals surface area contributed by atoms with E-state index in [0.29, 0.717) is 10.6 Å². The van der Waals surface area contributed by atoms with Gasteiger partial charge in [-0.3, -0.25) is 9.59 Å². The number of amides is 1. The van der Waals surface area contributed by atoms with Crippen molar-refractivity contribution in [3.05, 3.63) is 34.3 Å². The highest BCUT2D eigenvalue weighted by atomic mass is 35.5. The number of hydrogen-bond donors (Lipinski definition) is 1. The molecule has 4 nitrogen and oxygen atoms in total. The van der Waals surface area contributed by atoms with E-state index in [1.165, 1.54) is 4.90 Å². The molecule has 0 fully saturated rings. The molecule has 0 aliphatic heterocycles.